The molecule has 2 rings (SSSR count). The number of methoxy groups -OCH3 is 1. The highest BCUT2D eigenvalue weighted by molar-refractivity contribution is 6.01. The fourth-order valence-corrected chi connectivity index (χ4v) is 2.65. The first-order valence-electron chi connectivity index (χ1n) is 8.00. The van der Waals surface area contributed by atoms with E-state index >= 15 is 0 Å². The van der Waals surface area contributed by atoms with Crippen LogP contribution in [-0.4, -0.2) is 33.7 Å². The summed E-state index contributed by atoms with van der Waals surface area (Å²) in [6, 6.07) is 6.57. The molecule has 9 heteroatoms. The number of nitrogens with zero attached hydrogens (tertiary/aromatic N) is 3. The number of para-hydroxylation sites is 1. The number of benzene rings is 1. The van der Waals surface area contributed by atoms with Gasteiger partial charge in [-0.1, -0.05) is 12.1 Å². The predicted molar refractivity (Wildman–Crippen MR) is 94.0 cm³/mol. The molecule has 0 unspecified atom stereocenters. The van der Waals surface area contributed by atoms with Gasteiger partial charge in [0.05, 0.1) is 23.3 Å². The van der Waals surface area contributed by atoms with Gasteiger partial charge in [0.15, 0.2) is 0 Å². The van der Waals surface area contributed by atoms with Crippen LogP contribution < -0.4 is 5.32 Å². The Bertz CT molecular complexity index is 844. The van der Waals surface area contributed by atoms with Gasteiger partial charge in [-0.05, 0) is 32.4 Å². The minimum absolute atomic E-state index is 0.00135. The fourth-order valence-electron chi connectivity index (χ4n) is 2.65. The molecule has 1 heterocycles. The largest absolute Gasteiger partial charge is 0.465 e. The summed E-state index contributed by atoms with van der Waals surface area (Å²) in [5.41, 5.74) is 1.47. The Labute approximate surface area is 150 Å². The van der Waals surface area contributed by atoms with Crippen molar-refractivity contribution in [1.29, 1.82) is 0 Å². The number of nitro groups is 1. The van der Waals surface area contributed by atoms with Crippen LogP contribution in [0.3, 0.4) is 0 Å². The van der Waals surface area contributed by atoms with Gasteiger partial charge in [-0.15, -0.1) is 0 Å². The van der Waals surface area contributed by atoms with E-state index in [1.54, 1.807) is 38.1 Å². The zero-order valence-corrected chi connectivity index (χ0v) is 14.8. The molecular weight excluding hydrogens is 340 g/mol. The quantitative estimate of drug-likeness (QED) is 0.461. The molecule has 0 fully saturated rings. The summed E-state index contributed by atoms with van der Waals surface area (Å²) in [5, 5.41) is 17.8. The maximum Gasteiger partial charge on any atom is 0.339 e. The molecule has 0 atom stereocenters. The minimum Gasteiger partial charge on any atom is -0.465 e. The van der Waals surface area contributed by atoms with E-state index in [0.29, 0.717) is 30.0 Å². The summed E-state index contributed by atoms with van der Waals surface area (Å²) in [4.78, 5) is 34.4. The molecule has 0 aliphatic heterocycles. The SMILES string of the molecule is COC(=O)c1ccccc1NC(=O)CCCn1nc(C)c([N+](=O)[O-])c1C. The normalized spacial score (nSPS) is 10.4. The van der Waals surface area contributed by atoms with Crippen LogP contribution in [0.25, 0.3) is 0 Å². The van der Waals surface area contributed by atoms with Gasteiger partial charge >= 0.3 is 11.7 Å². The van der Waals surface area contributed by atoms with Crippen LogP contribution in [0.5, 0.6) is 0 Å². The van der Waals surface area contributed by atoms with Crippen molar-refractivity contribution in [2.75, 3.05) is 12.4 Å². The van der Waals surface area contributed by atoms with Crippen molar-refractivity contribution in [2.24, 2.45) is 0 Å². The van der Waals surface area contributed by atoms with Gasteiger partial charge in [-0.2, -0.15) is 5.10 Å². The van der Waals surface area contributed by atoms with E-state index in [1.807, 2.05) is 0 Å². The molecule has 26 heavy (non-hydrogen) atoms. The van der Waals surface area contributed by atoms with Crippen LogP contribution in [0.4, 0.5) is 11.4 Å². The van der Waals surface area contributed by atoms with Gasteiger partial charge in [0.1, 0.15) is 11.4 Å². The topological polar surface area (TPSA) is 116 Å². The first-order valence-corrected chi connectivity index (χ1v) is 8.00. The van der Waals surface area contributed by atoms with E-state index in [4.69, 9.17) is 0 Å². The third-order valence-corrected chi connectivity index (χ3v) is 3.91. The number of carbonyl (C=O) groups excluding carboxylic acids is 2. The van der Waals surface area contributed by atoms with E-state index in [0.717, 1.165) is 0 Å². The standard InChI is InChI=1S/C17H20N4O5/c1-11-16(21(24)25)12(2)20(19-11)10-6-9-15(22)18-14-8-5-4-7-13(14)17(23)26-3/h4-5,7-8H,6,9-10H2,1-3H3,(H,18,22). The van der Waals surface area contributed by atoms with E-state index < -0.39 is 10.9 Å². The van der Waals surface area contributed by atoms with Crippen molar-refractivity contribution >= 4 is 23.3 Å². The molecule has 0 aliphatic carbocycles. The summed E-state index contributed by atoms with van der Waals surface area (Å²) >= 11 is 0. The van der Waals surface area contributed by atoms with E-state index in [1.165, 1.54) is 11.8 Å². The molecule has 1 aromatic carbocycles. The van der Waals surface area contributed by atoms with Crippen LogP contribution in [0.15, 0.2) is 24.3 Å². The summed E-state index contributed by atoms with van der Waals surface area (Å²) < 4.78 is 6.22. The molecule has 2 aromatic rings. The van der Waals surface area contributed by atoms with Crippen LogP contribution in [0, 0.1) is 24.0 Å². The average Bonchev–Trinajstić information content (AvgIpc) is 2.88. The van der Waals surface area contributed by atoms with Gasteiger partial charge < -0.3 is 10.1 Å². The van der Waals surface area contributed by atoms with Gasteiger partial charge in [0.25, 0.3) is 0 Å². The third kappa shape index (κ3) is 4.24. The van der Waals surface area contributed by atoms with Gasteiger partial charge in [0.2, 0.25) is 5.91 Å². The molecule has 0 aliphatic rings. The van der Waals surface area contributed by atoms with E-state index in [2.05, 4.69) is 15.2 Å². The lowest BCUT2D eigenvalue weighted by Gasteiger charge is -2.09. The van der Waals surface area contributed by atoms with Crippen molar-refractivity contribution < 1.29 is 19.2 Å². The van der Waals surface area contributed by atoms with Gasteiger partial charge in [-0.3, -0.25) is 19.6 Å². The number of anilines is 1. The van der Waals surface area contributed by atoms with E-state index in [9.17, 15) is 19.7 Å². The fraction of sp³-hybridized carbons (Fsp3) is 0.353. The zero-order chi connectivity index (χ0) is 19.3. The lowest BCUT2D eigenvalue weighted by Crippen LogP contribution is -2.16. The first kappa shape index (κ1) is 19.1. The Kier molecular flexibility index (Phi) is 6.05. The Morgan fingerprint density at radius 2 is 2.00 bits per heavy atom. The Hall–Kier alpha value is -3.23. The summed E-state index contributed by atoms with van der Waals surface area (Å²) in [5.74, 6) is -0.798. The average molecular weight is 360 g/mol. The Morgan fingerprint density at radius 3 is 2.62 bits per heavy atom. The molecule has 1 N–H and O–H groups in total. The lowest BCUT2D eigenvalue weighted by molar-refractivity contribution is -0.386. The van der Waals surface area contributed by atoms with Crippen molar-refractivity contribution in [1.82, 2.24) is 9.78 Å². The number of esters is 1. The highest BCUT2D eigenvalue weighted by Gasteiger charge is 2.21. The maximum atomic E-state index is 12.1. The predicted octanol–water partition coefficient (Wildman–Crippen LogP) is 2.61. The highest BCUT2D eigenvalue weighted by atomic mass is 16.6. The van der Waals surface area contributed by atoms with Crippen molar-refractivity contribution in [2.45, 2.75) is 33.2 Å². The van der Waals surface area contributed by atoms with Crippen LogP contribution in [0.1, 0.15) is 34.6 Å². The number of aromatic nitrogens is 2. The number of carbonyl (C=O) groups is 2. The lowest BCUT2D eigenvalue weighted by atomic mass is 10.1. The second-order valence-corrected chi connectivity index (χ2v) is 5.69. The molecule has 0 spiro atoms. The van der Waals surface area contributed by atoms with E-state index in [-0.39, 0.29) is 23.6 Å². The van der Waals surface area contributed by atoms with Crippen molar-refractivity contribution in [3.8, 4) is 0 Å². The summed E-state index contributed by atoms with van der Waals surface area (Å²) in [7, 11) is 1.27. The Morgan fingerprint density at radius 1 is 1.31 bits per heavy atom. The second kappa shape index (κ2) is 8.24. The van der Waals surface area contributed by atoms with Crippen molar-refractivity contribution in [3.05, 3.63) is 51.3 Å². The number of amides is 1. The molecule has 1 amide bonds. The highest BCUT2D eigenvalue weighted by Crippen LogP contribution is 2.22. The number of hydrogen-bond acceptors (Lipinski definition) is 6. The van der Waals surface area contributed by atoms with Crippen LogP contribution in [-0.2, 0) is 16.1 Å². The summed E-state index contributed by atoms with van der Waals surface area (Å²) in [6.45, 7) is 3.59. The molecule has 1 aromatic heterocycles. The molecular formula is C17H20N4O5. The zero-order valence-electron chi connectivity index (χ0n) is 14.8. The number of rotatable bonds is 7. The van der Waals surface area contributed by atoms with Crippen LogP contribution >= 0.6 is 0 Å². The Balaban J connectivity index is 1.96. The van der Waals surface area contributed by atoms with Crippen molar-refractivity contribution in [3.63, 3.8) is 0 Å². The van der Waals surface area contributed by atoms with Gasteiger partial charge in [-0.25, -0.2) is 4.79 Å². The monoisotopic (exact) mass is 360 g/mol. The minimum atomic E-state index is -0.532. The van der Waals surface area contributed by atoms with Gasteiger partial charge in [0, 0.05) is 13.0 Å². The second-order valence-electron chi connectivity index (χ2n) is 5.69. The number of hydrogen-bond donors (Lipinski definition) is 1. The molecule has 9 nitrogen and oxygen atoms in total. The number of nitrogens with one attached hydrogen (secondary N) is 1. The van der Waals surface area contributed by atoms with Crippen LogP contribution in [0.2, 0.25) is 0 Å². The molecule has 0 saturated heterocycles. The first-order chi connectivity index (χ1) is 12.3. The number of aryl methyl sites for hydroxylation is 2. The third-order valence-electron chi connectivity index (χ3n) is 3.91. The number of ether oxygens (including phenoxy) is 1. The summed E-state index contributed by atoms with van der Waals surface area (Å²) in [6.07, 6.45) is 0.632. The molecule has 138 valence electrons. The molecule has 0 radical (unpaired) electrons. The molecule has 0 saturated carbocycles. The maximum absolute atomic E-state index is 12.1. The smallest absolute Gasteiger partial charge is 0.339 e. The molecule has 0 bridgehead atoms.